The van der Waals surface area contributed by atoms with Gasteiger partial charge in [-0.3, -0.25) is 19.7 Å². The van der Waals surface area contributed by atoms with E-state index in [1.165, 1.54) is 43.1 Å². The van der Waals surface area contributed by atoms with Gasteiger partial charge in [-0.25, -0.2) is 4.79 Å². The van der Waals surface area contributed by atoms with Crippen LogP contribution in [0, 0.1) is 10.1 Å². The fraction of sp³-hybridized carbons (Fsp3) is 0.125. The Morgan fingerprint density at radius 2 is 1.59 bits per heavy atom. The molecule has 174 valence electrons. The number of carbonyl (C=O) groups excluding carboxylic acids is 3. The molecule has 3 aromatic rings. The average Bonchev–Trinajstić information content (AvgIpc) is 2.85. The maximum atomic E-state index is 12.6. The Hall–Kier alpha value is -4.18. The summed E-state index contributed by atoms with van der Waals surface area (Å²) in [5, 5.41) is 15.7. The summed E-state index contributed by atoms with van der Waals surface area (Å²) in [4.78, 5) is 47.9. The Morgan fingerprint density at radius 1 is 0.941 bits per heavy atom. The number of nitro benzene ring substituents is 1. The van der Waals surface area contributed by atoms with Gasteiger partial charge in [0.1, 0.15) is 0 Å². The molecule has 0 aliphatic heterocycles. The zero-order chi connectivity index (χ0) is 24.7. The van der Waals surface area contributed by atoms with E-state index in [4.69, 9.17) is 4.74 Å². The van der Waals surface area contributed by atoms with E-state index in [-0.39, 0.29) is 17.2 Å². The molecule has 0 saturated heterocycles. The number of non-ortho nitro benzene ring substituents is 1. The van der Waals surface area contributed by atoms with Gasteiger partial charge < -0.3 is 15.4 Å². The number of carbonyl (C=O) groups is 3. The normalized spacial score (nSPS) is 11.2. The topological polar surface area (TPSA) is 128 Å². The molecule has 1 unspecified atom stereocenters. The molecule has 0 aliphatic rings. The summed E-state index contributed by atoms with van der Waals surface area (Å²) in [6.45, 7) is 1.74. The first-order chi connectivity index (χ1) is 16.3. The molecule has 2 N–H and O–H groups in total. The number of esters is 1. The number of para-hydroxylation sites is 1. The van der Waals surface area contributed by atoms with Crippen LogP contribution in [0.15, 0.2) is 77.7 Å². The van der Waals surface area contributed by atoms with E-state index in [0.29, 0.717) is 16.9 Å². The number of nitrogens with one attached hydrogen (secondary N) is 2. The van der Waals surface area contributed by atoms with Gasteiger partial charge in [-0.15, -0.1) is 11.8 Å². The lowest BCUT2D eigenvalue weighted by atomic mass is 10.2. The molecule has 0 spiro atoms. The molecule has 1 atom stereocenters. The number of anilines is 2. The predicted molar refractivity (Wildman–Crippen MR) is 129 cm³/mol. The number of ether oxygens (including phenoxy) is 1. The van der Waals surface area contributed by atoms with Crippen LogP contribution >= 0.6 is 11.8 Å². The molecule has 0 aromatic heterocycles. The summed E-state index contributed by atoms with van der Waals surface area (Å²) in [7, 11) is 1.28. The second kappa shape index (κ2) is 11.1. The van der Waals surface area contributed by atoms with Crippen LogP contribution in [0.25, 0.3) is 0 Å². The quantitative estimate of drug-likeness (QED) is 0.206. The fourth-order valence-corrected chi connectivity index (χ4v) is 3.79. The second-order valence-electron chi connectivity index (χ2n) is 7.07. The lowest BCUT2D eigenvalue weighted by molar-refractivity contribution is -0.384. The van der Waals surface area contributed by atoms with E-state index in [0.717, 1.165) is 4.90 Å². The number of methoxy groups -OCH3 is 1. The molecule has 0 aliphatic carbocycles. The van der Waals surface area contributed by atoms with Crippen molar-refractivity contribution in [2.45, 2.75) is 17.1 Å². The number of benzene rings is 3. The number of nitro groups is 1. The van der Waals surface area contributed by atoms with Crippen molar-refractivity contribution >= 4 is 46.6 Å². The monoisotopic (exact) mass is 479 g/mol. The van der Waals surface area contributed by atoms with Gasteiger partial charge in [0.25, 0.3) is 11.6 Å². The Balaban J connectivity index is 1.59. The second-order valence-corrected chi connectivity index (χ2v) is 8.48. The molecule has 3 rings (SSSR count). The van der Waals surface area contributed by atoms with E-state index < -0.39 is 22.0 Å². The first-order valence-corrected chi connectivity index (χ1v) is 11.0. The Kier molecular flexibility index (Phi) is 7.99. The highest BCUT2D eigenvalue weighted by Gasteiger charge is 2.18. The van der Waals surface area contributed by atoms with Crippen LogP contribution in [0.1, 0.15) is 27.6 Å². The maximum absolute atomic E-state index is 12.6. The molecule has 0 fully saturated rings. The third-order valence-electron chi connectivity index (χ3n) is 4.72. The average molecular weight is 480 g/mol. The zero-order valence-electron chi connectivity index (χ0n) is 18.3. The van der Waals surface area contributed by atoms with E-state index in [1.807, 2.05) is 0 Å². The standard InChI is InChI=1S/C24H21N3O6S/c1-15(22(28)26-21-6-4-3-5-20(21)24(30)33-2)34-19-13-9-17(10-14-19)25-23(29)16-7-11-18(12-8-16)27(31)32/h3-15H,1-2H3,(H,25,29)(H,26,28). The van der Waals surface area contributed by atoms with Crippen molar-refractivity contribution in [3.63, 3.8) is 0 Å². The summed E-state index contributed by atoms with van der Waals surface area (Å²) < 4.78 is 4.74. The third-order valence-corrected chi connectivity index (χ3v) is 5.84. The Morgan fingerprint density at radius 3 is 2.21 bits per heavy atom. The minimum absolute atomic E-state index is 0.0927. The fourth-order valence-electron chi connectivity index (χ4n) is 2.93. The molecule has 10 heteroatoms. The van der Waals surface area contributed by atoms with E-state index >= 15 is 0 Å². The van der Waals surface area contributed by atoms with Crippen LogP contribution in [0.4, 0.5) is 17.1 Å². The van der Waals surface area contributed by atoms with Gasteiger partial charge in [0.05, 0.1) is 28.5 Å². The Labute approximate surface area is 199 Å². The summed E-state index contributed by atoms with van der Waals surface area (Å²) >= 11 is 1.31. The predicted octanol–water partition coefficient (Wildman–Crippen LogP) is 4.75. The van der Waals surface area contributed by atoms with Crippen LogP contribution in [0.3, 0.4) is 0 Å². The molecule has 2 amide bonds. The number of rotatable bonds is 8. The van der Waals surface area contributed by atoms with Gasteiger partial charge in [-0.1, -0.05) is 12.1 Å². The minimum Gasteiger partial charge on any atom is -0.465 e. The molecular formula is C24H21N3O6S. The smallest absolute Gasteiger partial charge is 0.339 e. The van der Waals surface area contributed by atoms with Crippen molar-refractivity contribution in [2.24, 2.45) is 0 Å². The van der Waals surface area contributed by atoms with Crippen molar-refractivity contribution < 1.29 is 24.0 Å². The number of amides is 2. The van der Waals surface area contributed by atoms with Crippen LogP contribution < -0.4 is 10.6 Å². The number of hydrogen-bond acceptors (Lipinski definition) is 7. The van der Waals surface area contributed by atoms with Gasteiger partial charge in [0.2, 0.25) is 5.91 Å². The maximum Gasteiger partial charge on any atom is 0.339 e. The first kappa shape index (κ1) is 24.5. The highest BCUT2D eigenvalue weighted by molar-refractivity contribution is 8.00. The van der Waals surface area contributed by atoms with Gasteiger partial charge >= 0.3 is 5.97 Å². The molecular weight excluding hydrogens is 458 g/mol. The first-order valence-electron chi connectivity index (χ1n) is 10.1. The summed E-state index contributed by atoms with van der Waals surface area (Å²) in [6, 6.07) is 18.8. The van der Waals surface area contributed by atoms with Crippen molar-refractivity contribution in [2.75, 3.05) is 17.7 Å². The SMILES string of the molecule is COC(=O)c1ccccc1NC(=O)C(C)Sc1ccc(NC(=O)c2ccc([N+](=O)[O-])cc2)cc1. The molecule has 0 bridgehead atoms. The van der Waals surface area contributed by atoms with Gasteiger partial charge in [0, 0.05) is 28.3 Å². The molecule has 0 radical (unpaired) electrons. The summed E-state index contributed by atoms with van der Waals surface area (Å²) in [5.74, 6) is -1.22. The summed E-state index contributed by atoms with van der Waals surface area (Å²) in [6.07, 6.45) is 0. The van der Waals surface area contributed by atoms with E-state index in [2.05, 4.69) is 10.6 Å². The van der Waals surface area contributed by atoms with E-state index in [9.17, 15) is 24.5 Å². The zero-order valence-corrected chi connectivity index (χ0v) is 19.1. The largest absolute Gasteiger partial charge is 0.465 e. The van der Waals surface area contributed by atoms with Gasteiger partial charge in [-0.2, -0.15) is 0 Å². The van der Waals surface area contributed by atoms with Crippen LogP contribution in [-0.4, -0.2) is 35.1 Å². The number of thioether (sulfide) groups is 1. The van der Waals surface area contributed by atoms with Crippen LogP contribution in [0.5, 0.6) is 0 Å². The van der Waals surface area contributed by atoms with Gasteiger partial charge in [0.15, 0.2) is 0 Å². The molecule has 0 saturated carbocycles. The van der Waals surface area contributed by atoms with Gasteiger partial charge in [-0.05, 0) is 55.5 Å². The van der Waals surface area contributed by atoms with Crippen LogP contribution in [-0.2, 0) is 9.53 Å². The van der Waals surface area contributed by atoms with Crippen molar-refractivity contribution in [3.05, 3.63) is 94.0 Å². The van der Waals surface area contributed by atoms with Crippen molar-refractivity contribution in [1.82, 2.24) is 0 Å². The van der Waals surface area contributed by atoms with Crippen molar-refractivity contribution in [3.8, 4) is 0 Å². The third kappa shape index (κ3) is 6.20. The highest BCUT2D eigenvalue weighted by Crippen LogP contribution is 2.26. The number of hydrogen-bond donors (Lipinski definition) is 2. The molecule has 0 heterocycles. The lowest BCUT2D eigenvalue weighted by Gasteiger charge is -2.14. The highest BCUT2D eigenvalue weighted by atomic mass is 32.2. The molecule has 3 aromatic carbocycles. The number of nitrogens with zero attached hydrogens (tertiary/aromatic N) is 1. The molecule has 34 heavy (non-hydrogen) atoms. The van der Waals surface area contributed by atoms with Crippen LogP contribution in [0.2, 0.25) is 0 Å². The van der Waals surface area contributed by atoms with E-state index in [1.54, 1.807) is 55.5 Å². The molecule has 9 nitrogen and oxygen atoms in total. The minimum atomic E-state index is -0.539. The Bertz CT molecular complexity index is 1210. The lowest BCUT2D eigenvalue weighted by Crippen LogP contribution is -2.23. The van der Waals surface area contributed by atoms with Crippen molar-refractivity contribution in [1.29, 1.82) is 0 Å². The summed E-state index contributed by atoms with van der Waals surface area (Å²) in [5.41, 5.74) is 1.38.